The monoisotopic (exact) mass is 360 g/mol. The van der Waals surface area contributed by atoms with E-state index in [9.17, 15) is 14.7 Å². The van der Waals surface area contributed by atoms with Crippen LogP contribution in [-0.2, 0) is 9.59 Å². The zero-order chi connectivity index (χ0) is 19.2. The Morgan fingerprint density at radius 1 is 1.08 bits per heavy atom. The molecule has 144 valence electrons. The van der Waals surface area contributed by atoms with Crippen LogP contribution in [0.5, 0.6) is 0 Å². The summed E-state index contributed by atoms with van der Waals surface area (Å²) in [4.78, 5) is 23.8. The number of carbonyl (C=O) groups is 2. The fourth-order valence-corrected chi connectivity index (χ4v) is 2.54. The molecule has 2 amide bonds. The molecule has 26 heavy (non-hydrogen) atoms. The molecular formula is C21H32N2O3. The predicted octanol–water partition coefficient (Wildman–Crippen LogP) is 3.04. The number of rotatable bonds is 12. The van der Waals surface area contributed by atoms with Gasteiger partial charge >= 0.3 is 0 Å². The number of amides is 2. The third kappa shape index (κ3) is 9.37. The highest BCUT2D eigenvalue weighted by molar-refractivity contribution is 5.92. The molecule has 0 aliphatic carbocycles. The van der Waals surface area contributed by atoms with E-state index < -0.39 is 18.1 Å². The minimum absolute atomic E-state index is 0.343. The highest BCUT2D eigenvalue weighted by Crippen LogP contribution is 2.04. The van der Waals surface area contributed by atoms with Crippen molar-refractivity contribution in [1.82, 2.24) is 10.6 Å². The summed E-state index contributed by atoms with van der Waals surface area (Å²) in [7, 11) is 0. The molecule has 1 rings (SSSR count). The maximum atomic E-state index is 12.0. The van der Waals surface area contributed by atoms with Crippen LogP contribution in [0, 0.1) is 0 Å². The second-order valence-electron chi connectivity index (χ2n) is 6.54. The Balaban J connectivity index is 2.25. The molecule has 0 aliphatic heterocycles. The van der Waals surface area contributed by atoms with Gasteiger partial charge in [-0.25, -0.2) is 0 Å². The molecule has 3 N–H and O–H groups in total. The van der Waals surface area contributed by atoms with Crippen molar-refractivity contribution in [3.8, 4) is 0 Å². The number of benzene rings is 1. The van der Waals surface area contributed by atoms with E-state index in [1.165, 1.54) is 31.8 Å². The first-order chi connectivity index (χ1) is 12.5. The summed E-state index contributed by atoms with van der Waals surface area (Å²) >= 11 is 0. The summed E-state index contributed by atoms with van der Waals surface area (Å²) in [6.45, 7) is 4.35. The zero-order valence-electron chi connectivity index (χ0n) is 15.9. The summed E-state index contributed by atoms with van der Waals surface area (Å²) in [5.74, 6) is -0.789. The predicted molar refractivity (Wildman–Crippen MR) is 105 cm³/mol. The van der Waals surface area contributed by atoms with Crippen LogP contribution in [0.1, 0.15) is 57.9 Å². The Labute approximate surface area is 156 Å². The lowest BCUT2D eigenvalue weighted by Gasteiger charge is -2.19. The molecule has 0 saturated carbocycles. The minimum Gasteiger partial charge on any atom is -0.381 e. The average molecular weight is 360 g/mol. The number of unbranched alkanes of at least 4 members (excludes halogenated alkanes) is 5. The van der Waals surface area contributed by atoms with Crippen LogP contribution in [0.2, 0.25) is 0 Å². The number of carbonyl (C=O) groups excluding carboxylic acids is 2. The van der Waals surface area contributed by atoms with Crippen molar-refractivity contribution in [1.29, 1.82) is 0 Å². The number of hydrogen-bond acceptors (Lipinski definition) is 3. The van der Waals surface area contributed by atoms with Gasteiger partial charge in [0.25, 0.3) is 5.91 Å². The molecule has 0 spiro atoms. The molecule has 2 atom stereocenters. The Morgan fingerprint density at radius 3 is 2.42 bits per heavy atom. The van der Waals surface area contributed by atoms with Crippen LogP contribution in [0.3, 0.4) is 0 Å². The minimum atomic E-state index is -1.26. The fourth-order valence-electron chi connectivity index (χ4n) is 2.54. The first-order valence-corrected chi connectivity index (χ1v) is 9.54. The van der Waals surface area contributed by atoms with E-state index in [0.29, 0.717) is 6.54 Å². The lowest BCUT2D eigenvalue weighted by molar-refractivity contribution is -0.131. The van der Waals surface area contributed by atoms with E-state index in [-0.39, 0.29) is 5.91 Å². The van der Waals surface area contributed by atoms with Crippen LogP contribution < -0.4 is 10.6 Å². The molecular weight excluding hydrogens is 328 g/mol. The lowest BCUT2D eigenvalue weighted by atomic mass is 10.1. The van der Waals surface area contributed by atoms with Crippen LogP contribution in [0.25, 0.3) is 6.08 Å². The van der Waals surface area contributed by atoms with E-state index in [1.54, 1.807) is 13.0 Å². The number of aliphatic hydroxyl groups is 1. The molecule has 1 aromatic carbocycles. The average Bonchev–Trinajstić information content (AvgIpc) is 2.65. The van der Waals surface area contributed by atoms with Crippen LogP contribution in [0.15, 0.2) is 36.4 Å². The molecule has 1 aromatic rings. The SMILES string of the molecule is CCCCCCCCNC(=O)[C@H](O)[C@H](C)NC(=O)/C=C/c1ccccc1. The number of aliphatic hydroxyl groups excluding tert-OH is 1. The molecule has 0 fully saturated rings. The van der Waals surface area contributed by atoms with E-state index in [0.717, 1.165) is 18.4 Å². The molecule has 0 saturated heterocycles. The van der Waals surface area contributed by atoms with Crippen molar-refractivity contribution < 1.29 is 14.7 Å². The highest BCUT2D eigenvalue weighted by Gasteiger charge is 2.22. The number of nitrogens with one attached hydrogen (secondary N) is 2. The first-order valence-electron chi connectivity index (χ1n) is 9.54. The smallest absolute Gasteiger partial charge is 0.250 e. The summed E-state index contributed by atoms with van der Waals surface area (Å²) in [5, 5.41) is 15.4. The van der Waals surface area contributed by atoms with Gasteiger partial charge in [0.2, 0.25) is 5.91 Å². The maximum Gasteiger partial charge on any atom is 0.250 e. The van der Waals surface area contributed by atoms with Crippen molar-refractivity contribution >= 4 is 17.9 Å². The second kappa shape index (κ2) is 13.1. The molecule has 0 bridgehead atoms. The summed E-state index contributed by atoms with van der Waals surface area (Å²) in [5.41, 5.74) is 0.910. The fraction of sp³-hybridized carbons (Fsp3) is 0.524. The van der Waals surface area contributed by atoms with E-state index in [4.69, 9.17) is 0 Å². The first kappa shape index (κ1) is 21.9. The Bertz CT molecular complexity index is 558. The van der Waals surface area contributed by atoms with Gasteiger partial charge in [-0.05, 0) is 25.0 Å². The van der Waals surface area contributed by atoms with Crippen LogP contribution in [0.4, 0.5) is 0 Å². The Hall–Kier alpha value is -2.14. The normalized spacial score (nSPS) is 13.3. The van der Waals surface area contributed by atoms with Crippen molar-refractivity contribution in [3.63, 3.8) is 0 Å². The largest absolute Gasteiger partial charge is 0.381 e. The molecule has 0 unspecified atom stereocenters. The van der Waals surface area contributed by atoms with E-state index >= 15 is 0 Å². The molecule has 5 nitrogen and oxygen atoms in total. The molecule has 0 heterocycles. The molecule has 0 radical (unpaired) electrons. The van der Waals surface area contributed by atoms with Gasteiger partial charge in [-0.15, -0.1) is 0 Å². The van der Waals surface area contributed by atoms with Gasteiger partial charge in [-0.2, -0.15) is 0 Å². The van der Waals surface area contributed by atoms with Gasteiger partial charge in [0.1, 0.15) is 0 Å². The topological polar surface area (TPSA) is 78.4 Å². The number of hydrogen-bond donors (Lipinski definition) is 3. The Morgan fingerprint density at radius 2 is 1.73 bits per heavy atom. The van der Waals surface area contributed by atoms with Gasteiger partial charge in [0.15, 0.2) is 6.10 Å². The van der Waals surface area contributed by atoms with Crippen LogP contribution in [-0.4, -0.2) is 35.6 Å². The van der Waals surface area contributed by atoms with Crippen LogP contribution >= 0.6 is 0 Å². The van der Waals surface area contributed by atoms with Crippen molar-refractivity contribution in [2.24, 2.45) is 0 Å². The Kier molecular flexibility index (Phi) is 11.0. The van der Waals surface area contributed by atoms with Crippen molar-refractivity contribution in [3.05, 3.63) is 42.0 Å². The zero-order valence-corrected chi connectivity index (χ0v) is 15.9. The molecule has 0 aromatic heterocycles. The van der Waals surface area contributed by atoms with Gasteiger partial charge in [0.05, 0.1) is 6.04 Å². The van der Waals surface area contributed by atoms with Crippen molar-refractivity contribution in [2.45, 2.75) is 64.5 Å². The molecule has 0 aliphatic rings. The third-order valence-electron chi connectivity index (χ3n) is 4.17. The second-order valence-corrected chi connectivity index (χ2v) is 6.54. The quantitative estimate of drug-likeness (QED) is 0.396. The van der Waals surface area contributed by atoms with Gasteiger partial charge in [-0.3, -0.25) is 9.59 Å². The van der Waals surface area contributed by atoms with Crippen molar-refractivity contribution in [2.75, 3.05) is 6.54 Å². The third-order valence-corrected chi connectivity index (χ3v) is 4.17. The highest BCUT2D eigenvalue weighted by atomic mass is 16.3. The van der Waals surface area contributed by atoms with Gasteiger partial charge in [-0.1, -0.05) is 69.4 Å². The lowest BCUT2D eigenvalue weighted by Crippen LogP contribution is -2.48. The summed E-state index contributed by atoms with van der Waals surface area (Å²) in [6, 6.07) is 8.79. The standard InChI is InChI=1S/C21H32N2O3/c1-3-4-5-6-7-11-16-22-21(26)20(25)17(2)23-19(24)15-14-18-12-9-8-10-13-18/h8-10,12-15,17,20,25H,3-7,11,16H2,1-2H3,(H,22,26)(H,23,24)/b15-14+/t17-,20+/m0/s1. The van der Waals surface area contributed by atoms with Gasteiger partial charge in [0, 0.05) is 12.6 Å². The van der Waals surface area contributed by atoms with E-state index in [1.807, 2.05) is 30.3 Å². The summed E-state index contributed by atoms with van der Waals surface area (Å²) < 4.78 is 0. The van der Waals surface area contributed by atoms with Gasteiger partial charge < -0.3 is 15.7 Å². The summed E-state index contributed by atoms with van der Waals surface area (Å²) in [6.07, 6.45) is 8.67. The maximum absolute atomic E-state index is 12.0. The molecule has 5 heteroatoms. The van der Waals surface area contributed by atoms with E-state index in [2.05, 4.69) is 17.6 Å².